The molecule has 99 valence electrons. The number of para-hydroxylation sites is 1. The van der Waals surface area contributed by atoms with Crippen LogP contribution >= 0.6 is 12.2 Å². The lowest BCUT2D eigenvalue weighted by Gasteiger charge is -2.13. The smallest absolute Gasteiger partial charge is 0.170 e. The Kier molecular flexibility index (Phi) is 5.44. The van der Waals surface area contributed by atoms with Crippen LogP contribution < -0.4 is 15.4 Å². The number of allylic oxidation sites excluding steroid dienone is 3. The van der Waals surface area contributed by atoms with E-state index < -0.39 is 0 Å². The Morgan fingerprint density at radius 3 is 2.84 bits per heavy atom. The van der Waals surface area contributed by atoms with E-state index in [0.29, 0.717) is 18.3 Å². The molecule has 0 heterocycles. The largest absolute Gasteiger partial charge is 0.492 e. The normalized spacial score (nSPS) is 13.6. The monoisotopic (exact) mass is 273 g/mol. The first-order valence-electron chi connectivity index (χ1n) is 6.27. The number of benzene rings is 1. The van der Waals surface area contributed by atoms with Crippen molar-refractivity contribution in [3.05, 3.63) is 60.7 Å². The molecule has 0 amide bonds. The molecule has 1 aliphatic rings. The summed E-state index contributed by atoms with van der Waals surface area (Å²) in [5, 5.41) is 6.87. The predicted molar refractivity (Wildman–Crippen MR) is 81.8 cm³/mol. The van der Waals surface area contributed by atoms with Gasteiger partial charge < -0.3 is 15.4 Å². The van der Waals surface area contributed by atoms with Gasteiger partial charge in [-0.2, -0.15) is 0 Å². The molecule has 3 nitrogen and oxygen atoms in total. The van der Waals surface area contributed by atoms with Gasteiger partial charge in [0.05, 0.1) is 6.54 Å². The number of hydrogen-bond donors (Lipinski definition) is 2. The molecule has 0 aromatic heterocycles. The number of nitrogens with one attached hydrogen (secondary N) is 2. The second kappa shape index (κ2) is 7.59. The number of ether oxygens (including phenoxy) is 1. The third-order valence-corrected chi connectivity index (χ3v) is 2.79. The molecule has 0 atom stereocenters. The molecular weight excluding hydrogens is 256 g/mol. The van der Waals surface area contributed by atoms with E-state index in [1.807, 2.05) is 42.5 Å². The number of rotatable bonds is 5. The molecule has 0 saturated carbocycles. The lowest BCUT2D eigenvalue weighted by atomic mass is 10.1. The highest BCUT2D eigenvalue weighted by atomic mass is 32.1. The molecule has 0 aliphatic heterocycles. The first-order valence-corrected chi connectivity index (χ1v) is 6.68. The molecule has 0 bridgehead atoms. The maximum atomic E-state index is 5.56. The molecule has 1 aliphatic carbocycles. The lowest BCUT2D eigenvalue weighted by Crippen LogP contribution is -2.36. The summed E-state index contributed by atoms with van der Waals surface area (Å²) in [5.41, 5.74) is 1.03. The summed E-state index contributed by atoms with van der Waals surface area (Å²) in [6.07, 6.45) is 9.14. The van der Waals surface area contributed by atoms with Gasteiger partial charge in [0, 0.05) is 5.70 Å². The topological polar surface area (TPSA) is 33.3 Å². The van der Waals surface area contributed by atoms with Gasteiger partial charge in [-0.05, 0) is 43.3 Å². The van der Waals surface area contributed by atoms with Crippen molar-refractivity contribution in [1.82, 2.24) is 10.6 Å². The molecule has 2 rings (SSSR count). The van der Waals surface area contributed by atoms with E-state index in [9.17, 15) is 0 Å². The molecule has 1 aromatic carbocycles. The van der Waals surface area contributed by atoms with Gasteiger partial charge in [0.1, 0.15) is 12.4 Å². The van der Waals surface area contributed by atoms with Gasteiger partial charge in [-0.15, -0.1) is 0 Å². The van der Waals surface area contributed by atoms with E-state index in [-0.39, 0.29) is 0 Å². The van der Waals surface area contributed by atoms with Crippen LogP contribution in [0.15, 0.2) is 54.3 Å². The summed E-state index contributed by atoms with van der Waals surface area (Å²) in [6.45, 7) is 1.25. The summed E-state index contributed by atoms with van der Waals surface area (Å²) in [7, 11) is 0. The Morgan fingerprint density at radius 2 is 2.11 bits per heavy atom. The van der Waals surface area contributed by atoms with Crippen LogP contribution in [0.1, 0.15) is 6.42 Å². The first-order chi connectivity index (χ1) is 9.34. The van der Waals surface area contributed by atoms with Crippen LogP contribution in [0, 0.1) is 6.42 Å². The van der Waals surface area contributed by atoms with Crippen LogP contribution in [-0.2, 0) is 0 Å². The molecule has 1 aromatic rings. The second-order valence-corrected chi connectivity index (χ2v) is 4.44. The molecule has 0 saturated heterocycles. The van der Waals surface area contributed by atoms with Gasteiger partial charge in [0.15, 0.2) is 5.11 Å². The summed E-state index contributed by atoms with van der Waals surface area (Å²) < 4.78 is 5.56. The lowest BCUT2D eigenvalue weighted by molar-refractivity contribution is 0.322. The van der Waals surface area contributed by atoms with Gasteiger partial charge in [-0.3, -0.25) is 0 Å². The molecule has 0 unspecified atom stereocenters. The SMILES string of the molecule is S=C(NCCOc1ccccc1)NC1=CC[CH]C=C1. The predicted octanol–water partition coefficient (Wildman–Crippen LogP) is 2.58. The zero-order chi connectivity index (χ0) is 13.3. The molecule has 2 N–H and O–H groups in total. The summed E-state index contributed by atoms with van der Waals surface area (Å²) in [5.74, 6) is 0.872. The number of thiocarbonyl (C=S) groups is 1. The van der Waals surface area contributed by atoms with Crippen molar-refractivity contribution in [2.75, 3.05) is 13.2 Å². The third-order valence-electron chi connectivity index (χ3n) is 2.54. The first kappa shape index (κ1) is 13.6. The fourth-order valence-electron chi connectivity index (χ4n) is 1.63. The Balaban J connectivity index is 1.61. The molecule has 4 heteroatoms. The van der Waals surface area contributed by atoms with Crippen LogP contribution in [0.3, 0.4) is 0 Å². The van der Waals surface area contributed by atoms with Crippen molar-refractivity contribution in [3.63, 3.8) is 0 Å². The summed E-state index contributed by atoms with van der Waals surface area (Å²) >= 11 is 5.20. The van der Waals surface area contributed by atoms with E-state index in [4.69, 9.17) is 17.0 Å². The van der Waals surface area contributed by atoms with Crippen molar-refractivity contribution < 1.29 is 4.74 Å². The van der Waals surface area contributed by atoms with Gasteiger partial charge in [0.25, 0.3) is 0 Å². The zero-order valence-electron chi connectivity index (χ0n) is 10.6. The quantitative estimate of drug-likeness (QED) is 0.638. The second-order valence-electron chi connectivity index (χ2n) is 4.03. The van der Waals surface area contributed by atoms with Crippen LogP contribution in [0.4, 0.5) is 0 Å². The number of hydrogen-bond acceptors (Lipinski definition) is 2. The molecular formula is C15H17N2OS. The minimum absolute atomic E-state index is 0.578. The van der Waals surface area contributed by atoms with Crippen LogP contribution in [0.25, 0.3) is 0 Å². The van der Waals surface area contributed by atoms with Crippen molar-refractivity contribution in [3.8, 4) is 5.75 Å². The molecule has 0 fully saturated rings. The Hall–Kier alpha value is -1.81. The van der Waals surface area contributed by atoms with Crippen molar-refractivity contribution in [1.29, 1.82) is 0 Å². The highest BCUT2D eigenvalue weighted by Gasteiger charge is 2.00. The van der Waals surface area contributed by atoms with E-state index in [1.165, 1.54) is 0 Å². The Morgan fingerprint density at radius 1 is 1.26 bits per heavy atom. The Bertz CT molecular complexity index is 468. The van der Waals surface area contributed by atoms with Gasteiger partial charge in [0.2, 0.25) is 0 Å². The Labute approximate surface area is 119 Å². The zero-order valence-corrected chi connectivity index (χ0v) is 11.5. The molecule has 1 radical (unpaired) electrons. The van der Waals surface area contributed by atoms with Crippen LogP contribution in [-0.4, -0.2) is 18.3 Å². The highest BCUT2D eigenvalue weighted by Crippen LogP contribution is 2.07. The molecule has 19 heavy (non-hydrogen) atoms. The average molecular weight is 273 g/mol. The molecule has 0 spiro atoms. The van der Waals surface area contributed by atoms with Gasteiger partial charge >= 0.3 is 0 Å². The van der Waals surface area contributed by atoms with Crippen LogP contribution in [0.2, 0.25) is 0 Å². The maximum absolute atomic E-state index is 5.56. The van der Waals surface area contributed by atoms with Gasteiger partial charge in [-0.25, -0.2) is 0 Å². The fraction of sp³-hybridized carbons (Fsp3) is 0.200. The fourth-order valence-corrected chi connectivity index (χ4v) is 1.85. The summed E-state index contributed by atoms with van der Waals surface area (Å²) in [4.78, 5) is 0. The maximum Gasteiger partial charge on any atom is 0.170 e. The minimum atomic E-state index is 0.578. The summed E-state index contributed by atoms with van der Waals surface area (Å²) in [6, 6.07) is 9.74. The van der Waals surface area contributed by atoms with E-state index in [0.717, 1.165) is 17.9 Å². The van der Waals surface area contributed by atoms with Crippen molar-refractivity contribution >= 4 is 17.3 Å². The van der Waals surface area contributed by atoms with Gasteiger partial charge in [-0.1, -0.05) is 30.4 Å². The van der Waals surface area contributed by atoms with Crippen LogP contribution in [0.5, 0.6) is 5.75 Å². The van der Waals surface area contributed by atoms with E-state index in [2.05, 4.69) is 23.1 Å². The standard InChI is InChI=1S/C15H17N2OS/c19-15(17-13-7-3-1-4-8-13)16-11-12-18-14-9-5-2-6-10-14/h1-3,5-10H,4,11-12H2,(H2,16,17,19). The van der Waals surface area contributed by atoms with E-state index in [1.54, 1.807) is 0 Å². The minimum Gasteiger partial charge on any atom is -0.492 e. The average Bonchev–Trinajstić information content (AvgIpc) is 2.46. The third kappa shape index (κ3) is 5.14. The van der Waals surface area contributed by atoms with E-state index >= 15 is 0 Å². The highest BCUT2D eigenvalue weighted by molar-refractivity contribution is 7.80. The van der Waals surface area contributed by atoms with Crippen molar-refractivity contribution in [2.45, 2.75) is 6.42 Å². The van der Waals surface area contributed by atoms with Crippen molar-refractivity contribution in [2.24, 2.45) is 0 Å².